The van der Waals surface area contributed by atoms with E-state index in [1.165, 1.54) is 5.56 Å². The lowest BCUT2D eigenvalue weighted by atomic mass is 10.1. The minimum Gasteiger partial charge on any atom is -0.491 e. The van der Waals surface area contributed by atoms with E-state index in [-0.39, 0.29) is 12.0 Å². The number of para-hydroxylation sites is 2. The van der Waals surface area contributed by atoms with E-state index in [0.717, 1.165) is 25.0 Å². The normalized spacial score (nSPS) is 11.5. The fourth-order valence-electron chi connectivity index (χ4n) is 2.99. The summed E-state index contributed by atoms with van der Waals surface area (Å²) in [4.78, 5) is 12.7. The van der Waals surface area contributed by atoms with Gasteiger partial charge in [0.1, 0.15) is 11.5 Å². The van der Waals surface area contributed by atoms with Crippen LogP contribution in [0.2, 0.25) is 0 Å². The summed E-state index contributed by atoms with van der Waals surface area (Å²) in [5.74, 6) is 1.27. The van der Waals surface area contributed by atoms with E-state index in [4.69, 9.17) is 9.47 Å². The molecule has 0 radical (unpaired) electrons. The first-order chi connectivity index (χ1) is 14.7. The van der Waals surface area contributed by atoms with Crippen molar-refractivity contribution >= 4 is 11.6 Å². The molecule has 156 valence electrons. The van der Waals surface area contributed by atoms with Crippen LogP contribution in [0.1, 0.15) is 42.6 Å². The minimum absolute atomic E-state index is 0.149. The molecule has 1 atom stereocenters. The van der Waals surface area contributed by atoms with Gasteiger partial charge in [-0.2, -0.15) is 0 Å². The molecule has 0 saturated carbocycles. The molecule has 1 N–H and O–H groups in total. The fraction of sp³-hybridized carbons (Fsp3) is 0.269. The Morgan fingerprint density at radius 2 is 1.63 bits per heavy atom. The van der Waals surface area contributed by atoms with E-state index >= 15 is 0 Å². The first-order valence-corrected chi connectivity index (χ1v) is 10.5. The van der Waals surface area contributed by atoms with Crippen molar-refractivity contribution in [3.05, 3.63) is 90.0 Å². The van der Waals surface area contributed by atoms with Gasteiger partial charge in [0.05, 0.1) is 18.4 Å². The van der Waals surface area contributed by atoms with Crippen molar-refractivity contribution in [1.82, 2.24) is 0 Å². The lowest BCUT2D eigenvalue weighted by Crippen LogP contribution is -2.14. The monoisotopic (exact) mass is 403 g/mol. The number of aryl methyl sites for hydroxylation is 1. The average Bonchev–Trinajstić information content (AvgIpc) is 2.78. The number of benzene rings is 3. The van der Waals surface area contributed by atoms with Gasteiger partial charge in [0.25, 0.3) is 5.91 Å². The van der Waals surface area contributed by atoms with E-state index in [0.29, 0.717) is 23.6 Å². The number of carbonyl (C=O) groups excluding carboxylic acids is 1. The maximum absolute atomic E-state index is 12.7. The molecule has 0 heterocycles. The summed E-state index contributed by atoms with van der Waals surface area (Å²) >= 11 is 0. The van der Waals surface area contributed by atoms with Gasteiger partial charge in [-0.3, -0.25) is 4.79 Å². The van der Waals surface area contributed by atoms with Gasteiger partial charge in [0, 0.05) is 5.56 Å². The molecule has 4 nitrogen and oxygen atoms in total. The quantitative estimate of drug-likeness (QED) is 0.414. The maximum Gasteiger partial charge on any atom is 0.255 e. The Labute approximate surface area is 178 Å². The predicted molar refractivity (Wildman–Crippen MR) is 121 cm³/mol. The van der Waals surface area contributed by atoms with Gasteiger partial charge >= 0.3 is 0 Å². The molecule has 1 amide bonds. The van der Waals surface area contributed by atoms with E-state index in [2.05, 4.69) is 24.4 Å². The smallest absolute Gasteiger partial charge is 0.255 e. The van der Waals surface area contributed by atoms with Crippen LogP contribution >= 0.6 is 0 Å². The van der Waals surface area contributed by atoms with Crippen LogP contribution in [0.5, 0.6) is 11.5 Å². The predicted octanol–water partition coefficient (Wildman–Crippen LogP) is 6.13. The van der Waals surface area contributed by atoms with Crippen molar-refractivity contribution in [2.75, 3.05) is 11.9 Å². The molecule has 0 fully saturated rings. The molecule has 4 heteroatoms. The largest absolute Gasteiger partial charge is 0.491 e. The van der Waals surface area contributed by atoms with Crippen molar-refractivity contribution < 1.29 is 14.3 Å². The Hall–Kier alpha value is -3.27. The number of hydrogen-bond acceptors (Lipinski definition) is 3. The summed E-state index contributed by atoms with van der Waals surface area (Å²) in [5, 5.41) is 2.95. The van der Waals surface area contributed by atoms with Gasteiger partial charge in [0.15, 0.2) is 0 Å². The molecule has 3 aromatic carbocycles. The van der Waals surface area contributed by atoms with Gasteiger partial charge in [-0.05, 0) is 68.1 Å². The number of hydrogen-bond donors (Lipinski definition) is 1. The lowest BCUT2D eigenvalue weighted by molar-refractivity contribution is 0.102. The van der Waals surface area contributed by atoms with Crippen molar-refractivity contribution in [2.45, 2.75) is 39.2 Å². The van der Waals surface area contributed by atoms with Crippen LogP contribution in [0.4, 0.5) is 5.69 Å². The molecule has 0 bridgehead atoms. The number of nitrogens with one attached hydrogen (secondary N) is 1. The summed E-state index contributed by atoms with van der Waals surface area (Å²) in [6.07, 6.45) is 2.95. The summed E-state index contributed by atoms with van der Waals surface area (Å²) in [6.45, 7) is 4.69. The highest BCUT2D eigenvalue weighted by atomic mass is 16.5. The Bertz CT molecular complexity index is 923. The highest BCUT2D eigenvalue weighted by molar-refractivity contribution is 6.05. The van der Waals surface area contributed by atoms with Gasteiger partial charge in [0.2, 0.25) is 0 Å². The third kappa shape index (κ3) is 6.38. The van der Waals surface area contributed by atoms with E-state index in [1.54, 1.807) is 12.1 Å². The topological polar surface area (TPSA) is 47.6 Å². The Kier molecular flexibility index (Phi) is 7.90. The van der Waals surface area contributed by atoms with Crippen molar-refractivity contribution in [1.29, 1.82) is 0 Å². The van der Waals surface area contributed by atoms with Crippen LogP contribution in [0, 0.1) is 0 Å². The highest BCUT2D eigenvalue weighted by Crippen LogP contribution is 2.25. The molecular weight excluding hydrogens is 374 g/mol. The zero-order valence-electron chi connectivity index (χ0n) is 17.6. The Morgan fingerprint density at radius 1 is 0.933 bits per heavy atom. The number of anilines is 1. The lowest BCUT2D eigenvalue weighted by Gasteiger charge is -2.14. The van der Waals surface area contributed by atoms with Crippen molar-refractivity contribution in [3.8, 4) is 11.5 Å². The molecule has 0 aliphatic heterocycles. The van der Waals surface area contributed by atoms with Gasteiger partial charge in [-0.25, -0.2) is 0 Å². The summed E-state index contributed by atoms with van der Waals surface area (Å²) in [6, 6.07) is 25.1. The molecule has 0 aromatic heterocycles. The van der Waals surface area contributed by atoms with Crippen LogP contribution in [0.3, 0.4) is 0 Å². The maximum atomic E-state index is 12.7. The molecule has 1 unspecified atom stereocenters. The molecule has 3 aromatic rings. The summed E-state index contributed by atoms with van der Waals surface area (Å²) < 4.78 is 11.7. The van der Waals surface area contributed by atoms with Crippen LogP contribution in [-0.2, 0) is 6.42 Å². The first-order valence-electron chi connectivity index (χ1n) is 10.5. The average molecular weight is 404 g/mol. The first kappa shape index (κ1) is 21.4. The zero-order valence-corrected chi connectivity index (χ0v) is 17.6. The second kappa shape index (κ2) is 11.1. The molecule has 0 aliphatic rings. The molecule has 0 spiro atoms. The minimum atomic E-state index is -0.176. The van der Waals surface area contributed by atoms with Gasteiger partial charge in [-0.15, -0.1) is 0 Å². The van der Waals surface area contributed by atoms with E-state index in [1.807, 2.05) is 61.5 Å². The molecule has 0 aliphatic carbocycles. The number of rotatable bonds is 10. The standard InChI is InChI=1S/C26H29NO3/c1-3-20(2)30-23-17-15-22(16-18-23)26(28)27-24-13-7-8-14-25(24)29-19-9-12-21-10-5-4-6-11-21/h4-8,10-11,13-18,20H,3,9,12,19H2,1-2H3,(H,27,28). The SMILES string of the molecule is CCC(C)Oc1ccc(C(=O)Nc2ccccc2OCCCc2ccccc2)cc1. The zero-order chi connectivity index (χ0) is 21.2. The second-order valence-electron chi connectivity index (χ2n) is 7.25. The molecular formula is C26H29NO3. The van der Waals surface area contributed by atoms with Crippen LogP contribution in [-0.4, -0.2) is 18.6 Å². The number of amides is 1. The second-order valence-corrected chi connectivity index (χ2v) is 7.25. The fourth-order valence-corrected chi connectivity index (χ4v) is 2.99. The van der Waals surface area contributed by atoms with Crippen molar-refractivity contribution in [3.63, 3.8) is 0 Å². The summed E-state index contributed by atoms with van der Waals surface area (Å²) in [7, 11) is 0. The molecule has 30 heavy (non-hydrogen) atoms. The number of carbonyl (C=O) groups is 1. The third-order valence-corrected chi connectivity index (χ3v) is 4.87. The van der Waals surface area contributed by atoms with Gasteiger partial charge < -0.3 is 14.8 Å². The Morgan fingerprint density at radius 3 is 2.37 bits per heavy atom. The molecule has 3 rings (SSSR count). The summed E-state index contributed by atoms with van der Waals surface area (Å²) in [5.41, 5.74) is 2.54. The van der Waals surface area contributed by atoms with Crippen LogP contribution in [0.15, 0.2) is 78.9 Å². The Balaban J connectivity index is 1.55. The third-order valence-electron chi connectivity index (χ3n) is 4.87. The van der Waals surface area contributed by atoms with Crippen molar-refractivity contribution in [2.24, 2.45) is 0 Å². The highest BCUT2D eigenvalue weighted by Gasteiger charge is 2.10. The van der Waals surface area contributed by atoms with Crippen LogP contribution < -0.4 is 14.8 Å². The number of ether oxygens (including phenoxy) is 2. The van der Waals surface area contributed by atoms with E-state index in [9.17, 15) is 4.79 Å². The molecule has 0 saturated heterocycles. The van der Waals surface area contributed by atoms with Gasteiger partial charge in [-0.1, -0.05) is 49.4 Å². The van der Waals surface area contributed by atoms with Crippen LogP contribution in [0.25, 0.3) is 0 Å². The van der Waals surface area contributed by atoms with E-state index < -0.39 is 0 Å².